The lowest BCUT2D eigenvalue weighted by Crippen LogP contribution is -1.91. The molecule has 0 atom stereocenters. The van der Waals surface area contributed by atoms with Crippen LogP contribution in [0.25, 0.3) is 0 Å². The van der Waals surface area contributed by atoms with Gasteiger partial charge in [-0.3, -0.25) is 9.97 Å². The molecule has 3 nitrogen and oxygen atoms in total. The largest absolute Gasteiger partial charge is 0.261 e. The summed E-state index contributed by atoms with van der Waals surface area (Å²) in [6.45, 7) is 0.0421. The van der Waals surface area contributed by atoms with Crippen molar-refractivity contribution in [3.8, 4) is 0 Å². The number of hydrogen-bond acceptors (Lipinski definition) is 2. The van der Waals surface area contributed by atoms with Crippen LogP contribution >= 0.6 is 0 Å². The van der Waals surface area contributed by atoms with Gasteiger partial charge in [-0.25, -0.2) is 5.11 Å². The lowest BCUT2D eigenvalue weighted by Gasteiger charge is -1.97. The van der Waals surface area contributed by atoms with E-state index in [1.54, 1.807) is 18.6 Å². The van der Waals surface area contributed by atoms with E-state index < -0.39 is 0 Å². The van der Waals surface area contributed by atoms with Crippen molar-refractivity contribution in [3.63, 3.8) is 0 Å². The second-order valence-electron chi connectivity index (χ2n) is 2.71. The predicted octanol–water partition coefficient (Wildman–Crippen LogP) is 1.62. The predicted molar refractivity (Wildman–Crippen MR) is 45.1 cm³/mol. The van der Waals surface area contributed by atoms with Crippen LogP contribution in [0.2, 0.25) is 0 Å². The first-order valence-electron chi connectivity index (χ1n) is 4.26. The third-order valence-corrected chi connectivity index (χ3v) is 1.69. The van der Waals surface area contributed by atoms with Gasteiger partial charge in [0, 0.05) is 18.6 Å². The molecule has 0 saturated heterocycles. The van der Waals surface area contributed by atoms with E-state index in [4.69, 9.17) is 0 Å². The molecule has 12 heavy (non-hydrogen) atoms. The first-order valence-corrected chi connectivity index (χ1v) is 4.26. The molecule has 1 heterocycles. The maximum absolute atomic E-state index is 10.1. The molecule has 0 aromatic carbocycles. The van der Waals surface area contributed by atoms with Gasteiger partial charge in [-0.1, -0.05) is 6.42 Å². The van der Waals surface area contributed by atoms with Crippen molar-refractivity contribution in [2.45, 2.75) is 25.7 Å². The minimum absolute atomic E-state index is 0.0421. The molecule has 0 amide bonds. The molecule has 1 aromatic heterocycles. The van der Waals surface area contributed by atoms with Gasteiger partial charge in [-0.15, -0.1) is 0 Å². The molecule has 0 aliphatic rings. The zero-order valence-corrected chi connectivity index (χ0v) is 7.07. The van der Waals surface area contributed by atoms with Crippen molar-refractivity contribution in [1.29, 1.82) is 0 Å². The van der Waals surface area contributed by atoms with Gasteiger partial charge in [-0.05, 0) is 19.3 Å². The molecule has 0 unspecified atom stereocenters. The Labute approximate surface area is 72.5 Å². The molecule has 1 rings (SSSR count). The molecule has 1 aromatic rings. The van der Waals surface area contributed by atoms with E-state index in [2.05, 4.69) is 9.97 Å². The van der Waals surface area contributed by atoms with E-state index in [1.165, 1.54) is 0 Å². The van der Waals surface area contributed by atoms with Gasteiger partial charge in [-0.2, -0.15) is 0 Å². The van der Waals surface area contributed by atoms with E-state index in [9.17, 15) is 5.11 Å². The van der Waals surface area contributed by atoms with Crippen LogP contribution in [0.1, 0.15) is 25.0 Å². The fraction of sp³-hybridized carbons (Fsp3) is 0.556. The zero-order valence-electron chi connectivity index (χ0n) is 7.07. The van der Waals surface area contributed by atoms with E-state index >= 15 is 0 Å². The Morgan fingerprint density at radius 3 is 2.75 bits per heavy atom. The molecule has 0 N–H and O–H groups in total. The lowest BCUT2D eigenvalue weighted by molar-refractivity contribution is 0.186. The molecule has 0 saturated carbocycles. The Kier molecular flexibility index (Phi) is 4.31. The van der Waals surface area contributed by atoms with Crippen molar-refractivity contribution in [2.24, 2.45) is 0 Å². The Hall–Kier alpha value is -0.960. The van der Waals surface area contributed by atoms with E-state index in [1.807, 2.05) is 0 Å². The number of hydrogen-bond donors (Lipinski definition) is 0. The van der Waals surface area contributed by atoms with Crippen LogP contribution in [0.4, 0.5) is 0 Å². The van der Waals surface area contributed by atoms with E-state index in [0.29, 0.717) is 0 Å². The van der Waals surface area contributed by atoms with Gasteiger partial charge >= 0.3 is 0 Å². The van der Waals surface area contributed by atoms with Crippen molar-refractivity contribution in [3.05, 3.63) is 24.3 Å². The fourth-order valence-corrected chi connectivity index (χ4v) is 1.04. The van der Waals surface area contributed by atoms with Gasteiger partial charge < -0.3 is 0 Å². The second kappa shape index (κ2) is 5.66. The van der Waals surface area contributed by atoms with Gasteiger partial charge in [0.15, 0.2) is 0 Å². The average Bonchev–Trinajstić information content (AvgIpc) is 2.14. The Morgan fingerprint density at radius 1 is 1.17 bits per heavy atom. The number of aromatic nitrogens is 2. The zero-order chi connectivity index (χ0) is 8.65. The monoisotopic (exact) mass is 165 g/mol. The summed E-state index contributed by atoms with van der Waals surface area (Å²) in [5.41, 5.74) is 1.02. The minimum Gasteiger partial charge on any atom is -0.261 e. The highest BCUT2D eigenvalue weighted by Crippen LogP contribution is 2.01. The number of aryl methyl sites for hydroxylation is 1. The van der Waals surface area contributed by atoms with Crippen LogP contribution in [-0.2, 0) is 11.5 Å². The highest BCUT2D eigenvalue weighted by Gasteiger charge is 1.93. The normalized spacial score (nSPS) is 10.1. The molecule has 3 heteroatoms. The molecule has 65 valence electrons. The third kappa shape index (κ3) is 3.44. The SMILES string of the molecule is [O]CCCCCc1cnccn1. The van der Waals surface area contributed by atoms with Crippen LogP contribution in [0.5, 0.6) is 0 Å². The molecular formula is C9H13N2O. The summed E-state index contributed by atoms with van der Waals surface area (Å²) in [7, 11) is 0. The van der Waals surface area contributed by atoms with Crippen molar-refractivity contribution < 1.29 is 5.11 Å². The standard InChI is InChI=1S/C9H13N2O/c12-7-3-1-2-4-9-8-10-5-6-11-9/h5-6,8H,1-4,7H2. The number of unbranched alkanes of at least 4 members (excludes halogenated alkanes) is 2. The van der Waals surface area contributed by atoms with Gasteiger partial charge in [0.1, 0.15) is 0 Å². The van der Waals surface area contributed by atoms with Crippen LogP contribution in [0, 0.1) is 0 Å². The van der Waals surface area contributed by atoms with Gasteiger partial charge in [0.05, 0.1) is 12.3 Å². The molecular weight excluding hydrogens is 152 g/mol. The van der Waals surface area contributed by atoms with Crippen LogP contribution in [0.15, 0.2) is 18.6 Å². The number of nitrogens with zero attached hydrogens (tertiary/aromatic N) is 2. The molecule has 0 aliphatic heterocycles. The minimum atomic E-state index is 0.0421. The van der Waals surface area contributed by atoms with E-state index in [0.717, 1.165) is 31.4 Å². The van der Waals surface area contributed by atoms with Gasteiger partial charge in [0.25, 0.3) is 0 Å². The maximum atomic E-state index is 10.1. The Bertz CT molecular complexity index is 201. The van der Waals surface area contributed by atoms with Crippen LogP contribution in [-0.4, -0.2) is 16.6 Å². The molecule has 0 aliphatic carbocycles. The first-order chi connectivity index (χ1) is 5.93. The van der Waals surface area contributed by atoms with Crippen LogP contribution in [0.3, 0.4) is 0 Å². The Morgan fingerprint density at radius 2 is 2.08 bits per heavy atom. The summed E-state index contributed by atoms with van der Waals surface area (Å²) in [4.78, 5) is 8.10. The summed E-state index contributed by atoms with van der Waals surface area (Å²) in [5.74, 6) is 0. The molecule has 1 radical (unpaired) electrons. The lowest BCUT2D eigenvalue weighted by atomic mass is 10.1. The molecule has 0 spiro atoms. The third-order valence-electron chi connectivity index (χ3n) is 1.69. The van der Waals surface area contributed by atoms with E-state index in [-0.39, 0.29) is 6.61 Å². The highest BCUT2D eigenvalue weighted by atomic mass is 16.2. The maximum Gasteiger partial charge on any atom is 0.0822 e. The van der Waals surface area contributed by atoms with Crippen LogP contribution < -0.4 is 0 Å². The summed E-state index contributed by atoms with van der Waals surface area (Å²) >= 11 is 0. The van der Waals surface area contributed by atoms with Crippen molar-refractivity contribution in [2.75, 3.05) is 6.61 Å². The highest BCUT2D eigenvalue weighted by molar-refractivity contribution is 4.94. The first kappa shape index (κ1) is 9.13. The average molecular weight is 165 g/mol. The molecule has 0 bridgehead atoms. The Balaban J connectivity index is 2.16. The van der Waals surface area contributed by atoms with Gasteiger partial charge in [0.2, 0.25) is 0 Å². The number of rotatable bonds is 5. The molecule has 0 fully saturated rings. The topological polar surface area (TPSA) is 45.7 Å². The fourth-order valence-electron chi connectivity index (χ4n) is 1.04. The summed E-state index contributed by atoms with van der Waals surface area (Å²) < 4.78 is 0. The smallest absolute Gasteiger partial charge is 0.0822 e. The van der Waals surface area contributed by atoms with Crippen molar-refractivity contribution >= 4 is 0 Å². The summed E-state index contributed by atoms with van der Waals surface area (Å²) in [5, 5.41) is 10.1. The van der Waals surface area contributed by atoms with Crippen molar-refractivity contribution in [1.82, 2.24) is 9.97 Å². The second-order valence-corrected chi connectivity index (χ2v) is 2.71. The quantitative estimate of drug-likeness (QED) is 0.622. The summed E-state index contributed by atoms with van der Waals surface area (Å²) in [6.07, 6.45) is 8.90. The summed E-state index contributed by atoms with van der Waals surface area (Å²) in [6, 6.07) is 0.